The molecular weight excluding hydrogens is 156 g/mol. The molecule has 0 aromatic heterocycles. The first-order valence-electron chi connectivity index (χ1n) is 4.32. The second kappa shape index (κ2) is 6.95. The van der Waals surface area contributed by atoms with Gasteiger partial charge < -0.3 is 0 Å². The zero-order chi connectivity index (χ0) is 8.69. The quantitative estimate of drug-likeness (QED) is 0.478. The lowest BCUT2D eigenvalue weighted by Crippen LogP contribution is -2.36. The maximum atomic E-state index is 5.35. The van der Waals surface area contributed by atoms with Crippen LogP contribution in [0.25, 0.3) is 0 Å². The second-order valence-electron chi connectivity index (χ2n) is 2.82. The van der Waals surface area contributed by atoms with E-state index in [2.05, 4.69) is 26.2 Å². The molecule has 2 atom stereocenters. The van der Waals surface area contributed by atoms with Gasteiger partial charge in [0.2, 0.25) is 0 Å². The van der Waals surface area contributed by atoms with Crippen LogP contribution in [0, 0.1) is 0 Å². The van der Waals surface area contributed by atoms with Gasteiger partial charge in [0.05, 0.1) is 0 Å². The molecule has 2 nitrogen and oxygen atoms in total. The van der Waals surface area contributed by atoms with E-state index in [1.807, 2.05) is 11.8 Å². The van der Waals surface area contributed by atoms with Gasteiger partial charge in [-0.15, -0.1) is 0 Å². The monoisotopic (exact) mass is 176 g/mol. The lowest BCUT2D eigenvalue weighted by Gasteiger charge is -2.15. The summed E-state index contributed by atoms with van der Waals surface area (Å²) < 4.78 is 0. The smallest absolute Gasteiger partial charge is 0.0298 e. The van der Waals surface area contributed by atoms with Crippen molar-refractivity contribution in [1.82, 2.24) is 5.43 Å². The maximum Gasteiger partial charge on any atom is 0.0298 e. The van der Waals surface area contributed by atoms with Gasteiger partial charge in [-0.3, -0.25) is 11.3 Å². The van der Waals surface area contributed by atoms with Crippen molar-refractivity contribution in [3.05, 3.63) is 0 Å². The standard InChI is InChI=1S/C8H20N2S/c1-4-7(3)11-6-8(5-2)10-9/h7-8,10H,4-6,9H2,1-3H3. The molecule has 0 heterocycles. The minimum Gasteiger partial charge on any atom is -0.271 e. The first kappa shape index (κ1) is 11.3. The van der Waals surface area contributed by atoms with Crippen molar-refractivity contribution in [1.29, 1.82) is 0 Å². The van der Waals surface area contributed by atoms with Crippen LogP contribution in [0.15, 0.2) is 0 Å². The van der Waals surface area contributed by atoms with Gasteiger partial charge in [0, 0.05) is 17.0 Å². The number of hydrogen-bond acceptors (Lipinski definition) is 3. The second-order valence-corrected chi connectivity index (χ2v) is 4.30. The highest BCUT2D eigenvalue weighted by Gasteiger charge is 2.05. The van der Waals surface area contributed by atoms with Crippen LogP contribution >= 0.6 is 11.8 Å². The highest BCUT2D eigenvalue weighted by molar-refractivity contribution is 7.99. The number of thioether (sulfide) groups is 1. The molecule has 2 unspecified atom stereocenters. The predicted molar refractivity (Wildman–Crippen MR) is 53.6 cm³/mol. The minimum absolute atomic E-state index is 0.481. The van der Waals surface area contributed by atoms with Crippen LogP contribution in [0.4, 0.5) is 0 Å². The number of hydrogen-bond donors (Lipinski definition) is 2. The molecule has 0 bridgehead atoms. The van der Waals surface area contributed by atoms with E-state index in [1.54, 1.807) is 0 Å². The summed E-state index contributed by atoms with van der Waals surface area (Å²) in [6, 6.07) is 0.481. The van der Waals surface area contributed by atoms with Gasteiger partial charge in [-0.1, -0.05) is 20.8 Å². The third-order valence-electron chi connectivity index (χ3n) is 1.89. The van der Waals surface area contributed by atoms with Crippen LogP contribution in [-0.4, -0.2) is 17.0 Å². The van der Waals surface area contributed by atoms with Crippen LogP contribution < -0.4 is 11.3 Å². The molecule has 0 aromatic carbocycles. The molecule has 11 heavy (non-hydrogen) atoms. The molecule has 0 amide bonds. The zero-order valence-corrected chi connectivity index (χ0v) is 8.58. The van der Waals surface area contributed by atoms with Crippen molar-refractivity contribution < 1.29 is 0 Å². The van der Waals surface area contributed by atoms with E-state index in [9.17, 15) is 0 Å². The summed E-state index contributed by atoms with van der Waals surface area (Å²) in [5.74, 6) is 6.47. The van der Waals surface area contributed by atoms with Gasteiger partial charge in [0.25, 0.3) is 0 Å². The van der Waals surface area contributed by atoms with Crippen molar-refractivity contribution in [3.8, 4) is 0 Å². The molecule has 0 aliphatic heterocycles. The SMILES string of the molecule is CCC(CSC(C)CC)NN. The van der Waals surface area contributed by atoms with Crippen molar-refractivity contribution in [3.63, 3.8) is 0 Å². The molecule has 0 aliphatic carbocycles. The molecule has 0 spiro atoms. The summed E-state index contributed by atoms with van der Waals surface area (Å²) in [6.07, 6.45) is 2.35. The van der Waals surface area contributed by atoms with Crippen LogP contribution in [0.2, 0.25) is 0 Å². The summed E-state index contributed by atoms with van der Waals surface area (Å²) >= 11 is 1.99. The van der Waals surface area contributed by atoms with Crippen LogP contribution in [0.1, 0.15) is 33.6 Å². The summed E-state index contributed by atoms with van der Waals surface area (Å²) in [4.78, 5) is 0. The normalized spacial score (nSPS) is 16.4. The van der Waals surface area contributed by atoms with Gasteiger partial charge >= 0.3 is 0 Å². The lowest BCUT2D eigenvalue weighted by molar-refractivity contribution is 0.562. The van der Waals surface area contributed by atoms with Gasteiger partial charge in [-0.05, 0) is 12.8 Å². The van der Waals surface area contributed by atoms with Crippen LogP contribution in [0.3, 0.4) is 0 Å². The third-order valence-corrected chi connectivity index (χ3v) is 3.38. The topological polar surface area (TPSA) is 38.0 Å². The Kier molecular flexibility index (Phi) is 7.12. The van der Waals surface area contributed by atoms with E-state index in [-0.39, 0.29) is 0 Å². The van der Waals surface area contributed by atoms with E-state index in [1.165, 1.54) is 6.42 Å². The summed E-state index contributed by atoms with van der Waals surface area (Å²) in [5.41, 5.74) is 2.81. The van der Waals surface area contributed by atoms with Crippen LogP contribution in [0.5, 0.6) is 0 Å². The Labute approximate surface area is 74.3 Å². The Hall–Kier alpha value is 0.270. The molecular formula is C8H20N2S. The van der Waals surface area contributed by atoms with E-state index in [0.717, 1.165) is 17.4 Å². The summed E-state index contributed by atoms with van der Waals surface area (Å²) in [6.45, 7) is 6.63. The van der Waals surface area contributed by atoms with E-state index in [0.29, 0.717) is 6.04 Å². The van der Waals surface area contributed by atoms with E-state index in [4.69, 9.17) is 5.84 Å². The number of nitrogens with one attached hydrogen (secondary N) is 1. The van der Waals surface area contributed by atoms with Gasteiger partial charge in [0.1, 0.15) is 0 Å². The Morgan fingerprint density at radius 1 is 1.36 bits per heavy atom. The Bertz CT molecular complexity index is 84.2. The molecule has 0 radical (unpaired) electrons. The molecule has 68 valence electrons. The number of nitrogens with two attached hydrogens (primary N) is 1. The van der Waals surface area contributed by atoms with Crippen molar-refractivity contribution in [2.24, 2.45) is 5.84 Å². The predicted octanol–water partition coefficient (Wildman–Crippen LogP) is 1.76. The largest absolute Gasteiger partial charge is 0.271 e. The molecule has 0 saturated carbocycles. The van der Waals surface area contributed by atoms with Gasteiger partial charge in [-0.2, -0.15) is 11.8 Å². The van der Waals surface area contributed by atoms with E-state index >= 15 is 0 Å². The van der Waals surface area contributed by atoms with Crippen molar-refractivity contribution >= 4 is 11.8 Å². The van der Waals surface area contributed by atoms with E-state index < -0.39 is 0 Å². The minimum atomic E-state index is 0.481. The Morgan fingerprint density at radius 3 is 2.36 bits per heavy atom. The molecule has 0 aliphatic rings. The zero-order valence-electron chi connectivity index (χ0n) is 7.76. The van der Waals surface area contributed by atoms with Gasteiger partial charge in [0.15, 0.2) is 0 Å². The lowest BCUT2D eigenvalue weighted by atomic mass is 10.3. The maximum absolute atomic E-state index is 5.35. The fourth-order valence-corrected chi connectivity index (χ4v) is 1.81. The average molecular weight is 176 g/mol. The fourth-order valence-electron chi connectivity index (χ4n) is 0.682. The number of rotatable bonds is 6. The highest BCUT2D eigenvalue weighted by Crippen LogP contribution is 2.14. The average Bonchev–Trinajstić information content (AvgIpc) is 2.06. The van der Waals surface area contributed by atoms with Gasteiger partial charge in [-0.25, -0.2) is 0 Å². The molecule has 0 rings (SSSR count). The summed E-state index contributed by atoms with van der Waals surface area (Å²) in [7, 11) is 0. The highest BCUT2D eigenvalue weighted by atomic mass is 32.2. The first-order chi connectivity index (χ1) is 5.24. The summed E-state index contributed by atoms with van der Waals surface area (Å²) in [5, 5.41) is 0.761. The Balaban J connectivity index is 3.34. The number of hydrazine groups is 1. The fraction of sp³-hybridized carbons (Fsp3) is 1.00. The first-order valence-corrected chi connectivity index (χ1v) is 5.37. The molecule has 3 heteroatoms. The van der Waals surface area contributed by atoms with Crippen molar-refractivity contribution in [2.45, 2.75) is 44.9 Å². The van der Waals surface area contributed by atoms with Crippen LogP contribution in [-0.2, 0) is 0 Å². The Morgan fingerprint density at radius 2 is 2.00 bits per heavy atom. The molecule has 0 saturated heterocycles. The third kappa shape index (κ3) is 5.53. The molecule has 0 fully saturated rings. The molecule has 3 N–H and O–H groups in total. The molecule has 0 aromatic rings. The van der Waals surface area contributed by atoms with Crippen molar-refractivity contribution in [2.75, 3.05) is 5.75 Å².